The summed E-state index contributed by atoms with van der Waals surface area (Å²) in [6.07, 6.45) is -15.2. The van der Waals surface area contributed by atoms with Crippen molar-refractivity contribution in [3.63, 3.8) is 0 Å². The number of ketones is 1. The highest BCUT2D eigenvalue weighted by Gasteiger charge is 2.58. The molecule has 9 rings (SSSR count). The summed E-state index contributed by atoms with van der Waals surface area (Å²) in [7, 11) is -8.02. The third-order valence-corrected chi connectivity index (χ3v) is 22.6. The van der Waals surface area contributed by atoms with Gasteiger partial charge < -0.3 is 48.1 Å². The van der Waals surface area contributed by atoms with Crippen molar-refractivity contribution >= 4 is 65.8 Å². The molecule has 2 aromatic heterocycles. The Morgan fingerprint density at radius 1 is 0.786 bits per heavy atom. The van der Waals surface area contributed by atoms with Crippen molar-refractivity contribution in [2.45, 2.75) is 155 Å². The van der Waals surface area contributed by atoms with Crippen molar-refractivity contribution in [3.05, 3.63) is 124 Å². The summed E-state index contributed by atoms with van der Waals surface area (Å²) in [5.41, 5.74) is -6.90. The topological polar surface area (TPSA) is 386 Å². The fourth-order valence-electron chi connectivity index (χ4n) is 14.4. The second-order valence-corrected chi connectivity index (χ2v) is 33.2. The average Bonchev–Trinajstić information content (AvgIpc) is 1.75. The number of amides is 3. The number of aryl methyl sites for hydroxylation is 1. The van der Waals surface area contributed by atoms with Crippen LogP contribution in [0.15, 0.2) is 73.2 Å². The summed E-state index contributed by atoms with van der Waals surface area (Å²) < 4.78 is 226. The number of Topliss-reactive ketones (excluding diaryl/α,β-unsaturated/α-hetero) is 1. The number of alkyl carbamates (subject to hydrolysis) is 1. The van der Waals surface area contributed by atoms with Crippen molar-refractivity contribution in [3.8, 4) is 28.8 Å². The van der Waals surface area contributed by atoms with Crippen LogP contribution in [0.5, 0.6) is 5.75 Å². The van der Waals surface area contributed by atoms with Crippen LogP contribution in [-0.4, -0.2) is 222 Å². The number of alkyl halides is 8. The van der Waals surface area contributed by atoms with Gasteiger partial charge in [-0.25, -0.2) is 47.7 Å². The van der Waals surface area contributed by atoms with Gasteiger partial charge in [0.15, 0.2) is 5.78 Å². The predicted octanol–water partition coefficient (Wildman–Crippen LogP) is 8.26. The van der Waals surface area contributed by atoms with Crippen molar-refractivity contribution in [1.29, 1.82) is 0 Å². The molecule has 5 aromatic rings. The highest BCUT2D eigenvalue weighted by molar-refractivity contribution is 7.86. The molecule has 4 saturated heterocycles. The van der Waals surface area contributed by atoms with E-state index in [1.807, 2.05) is 5.32 Å². The maximum Gasteiger partial charge on any atom is 0.524 e. The predicted molar refractivity (Wildman–Crippen MR) is 392 cm³/mol. The minimum absolute atomic E-state index is 0.0582. The van der Waals surface area contributed by atoms with E-state index in [-0.39, 0.29) is 47.6 Å². The first-order chi connectivity index (χ1) is 54.5. The van der Waals surface area contributed by atoms with Gasteiger partial charge in [0.2, 0.25) is 24.6 Å². The van der Waals surface area contributed by atoms with E-state index in [2.05, 4.69) is 51.6 Å². The number of nitrogens with two attached hydrogens (primary N) is 1. The summed E-state index contributed by atoms with van der Waals surface area (Å²) in [6.45, 7) is 1.14. The zero-order chi connectivity index (χ0) is 86.2. The number of piperazine rings is 2. The van der Waals surface area contributed by atoms with E-state index >= 15 is 39.9 Å². The monoisotopic (exact) mass is 1700 g/mol. The lowest BCUT2D eigenvalue weighted by Gasteiger charge is -2.47. The Morgan fingerprint density at radius 2 is 1.39 bits per heavy atom. The number of nitrogens with zero attached hydrogens (tertiary/aromatic N) is 9. The number of nitrogens with one attached hydrogen (secondary N) is 2. The molecular weight excluding hydrogens is 1610 g/mol. The van der Waals surface area contributed by atoms with Crippen molar-refractivity contribution < 1.29 is 133 Å². The molecule has 3 aromatic carbocycles. The number of hydrazine groups is 1. The van der Waals surface area contributed by atoms with E-state index in [0.717, 1.165) is 43.6 Å². The van der Waals surface area contributed by atoms with Gasteiger partial charge in [-0.15, -0.1) is 0 Å². The SMILES string of the molecule is COC(=O)C[C@H](C(=O)NN(Cc1c(F)cc(-c2ccn(C(F)F)n2)cc1F)C[C@H](OC(=O)OCOC(=O)CC(C)(C)c1c(CC(=O)N2CCN(S(N)(=O)=O)CC2)cc(C)cc1OP(=O)(O)O)[C@@H](CC(=O)[C@@H](NC(=O)OC)C(C)(C)C(F)(F)F)Cc1ccc(C#Cc2cnc(N3CC4CCC(C3)N4C3COC3)nc2)cc1)C(C)(C)C(F)(F)F. The van der Waals surface area contributed by atoms with Gasteiger partial charge in [-0.2, -0.15) is 52.9 Å². The van der Waals surface area contributed by atoms with E-state index in [9.17, 15) is 60.3 Å². The maximum atomic E-state index is 16.8. The van der Waals surface area contributed by atoms with Gasteiger partial charge >= 0.3 is 50.9 Å². The number of esters is 2. The molecule has 4 aliphatic rings. The molecule has 6 heterocycles. The lowest BCUT2D eigenvalue weighted by atomic mass is 9.75. The summed E-state index contributed by atoms with van der Waals surface area (Å²) in [5, 5.41) is 11.2. The molecular formula is C74H89F10N12O19PS. The molecule has 2 bridgehead atoms. The average molecular weight is 1700 g/mol. The molecule has 31 nitrogen and oxygen atoms in total. The molecule has 117 heavy (non-hydrogen) atoms. The van der Waals surface area contributed by atoms with E-state index in [0.29, 0.717) is 112 Å². The first-order valence-electron chi connectivity index (χ1n) is 36.5. The fourth-order valence-corrected chi connectivity index (χ4v) is 15.5. The highest BCUT2D eigenvalue weighted by Crippen LogP contribution is 2.48. The van der Waals surface area contributed by atoms with Gasteiger partial charge in [-0.3, -0.25) is 44.1 Å². The number of benzene rings is 3. The molecule has 43 heteroatoms. The number of ether oxygens (including phenoxy) is 6. The van der Waals surface area contributed by atoms with E-state index in [4.69, 9.17) is 28.6 Å². The number of methoxy groups -OCH3 is 2. The second-order valence-electron chi connectivity index (χ2n) is 30.5. The van der Waals surface area contributed by atoms with E-state index in [1.165, 1.54) is 74.5 Å². The van der Waals surface area contributed by atoms with Crippen LogP contribution in [0, 0.1) is 53.1 Å². The minimum Gasteiger partial charge on any atom is -0.469 e. The number of fused-ring (bicyclic) bond motifs is 2. The Balaban J connectivity index is 1.09. The van der Waals surface area contributed by atoms with Gasteiger partial charge in [-0.1, -0.05) is 57.7 Å². The number of aromatic nitrogens is 4. The fraction of sp³-hybridized carbons (Fsp3) is 0.541. The van der Waals surface area contributed by atoms with Crippen LogP contribution in [0.1, 0.15) is 119 Å². The third kappa shape index (κ3) is 23.2. The Kier molecular flexibility index (Phi) is 29.0. The van der Waals surface area contributed by atoms with E-state index in [1.54, 1.807) is 0 Å². The molecule has 0 aliphatic carbocycles. The number of anilines is 1. The number of carbonyl (C=O) groups excluding carboxylic acids is 7. The molecule has 4 fully saturated rings. The number of phosphoric ester groups is 1. The van der Waals surface area contributed by atoms with Crippen LogP contribution in [0.4, 0.5) is 59.4 Å². The van der Waals surface area contributed by atoms with E-state index < -0.39 is 205 Å². The highest BCUT2D eigenvalue weighted by atomic mass is 32.2. The quantitative estimate of drug-likeness (QED) is 0.00514. The lowest BCUT2D eigenvalue weighted by Crippen LogP contribution is -2.62. The zero-order valence-electron chi connectivity index (χ0n) is 64.8. The second kappa shape index (κ2) is 37.1. The molecule has 6 atom stereocenters. The Hall–Kier alpha value is -9.60. The normalized spacial score (nSPS) is 17.7. The minimum atomic E-state index is -5.44. The molecule has 640 valence electrons. The molecule has 0 saturated carbocycles. The van der Waals surface area contributed by atoms with Crippen LogP contribution in [-0.2, 0) is 92.0 Å². The first-order valence-corrected chi connectivity index (χ1v) is 39.5. The number of phosphoric acid groups is 1. The summed E-state index contributed by atoms with van der Waals surface area (Å²) in [6, 6.07) is 8.85. The molecule has 3 amide bonds. The van der Waals surface area contributed by atoms with Gasteiger partial charge in [0.25, 0.3) is 10.2 Å². The number of halogens is 10. The molecule has 0 radical (unpaired) electrons. The number of rotatable bonds is 32. The number of hydrogen-bond donors (Lipinski definition) is 5. The first kappa shape index (κ1) is 91.3. The standard InChI is InChI=1S/C74H89F10N12O19PS/c1-42-24-48(30-60(98)91-20-22-94(23-21-91)117(85,107)108)63(58(25-42)115-116(104,105)106)70(2,3)32-62(100)112-41-113-69(103)114-59(38-93(90-65(101)53(31-61(99)109-8)71(4,5)73(79,80)81)37-52-54(75)27-46(28-55(52)76)56-18-19-95(89-56)66(77)78)47(29-57(97)64(88-68(102)110-9)72(6,7)74(82,83)84)26-44-13-10-43(11-14-44)12-15-45-33-86-67(87-34-45)92-35-49-16-17-50(36-92)96(49)51-39-111-40-51/h10-11,13-14,18-19,24-25,27-28,33-34,47,49-51,53,59,64,66H,16-17,20-23,26,29-32,35-41H2,1-9H3,(H,88,102)(H,90,101)(H2,85,107,108)(H2,104,105,106)/t47-,49?,50?,53-,59+,64-/m1/s1. The number of hydrogen-bond acceptors (Lipinski definition) is 23. The Labute approximate surface area is 665 Å². The maximum absolute atomic E-state index is 16.8. The molecule has 4 aliphatic heterocycles. The molecule has 2 unspecified atom stereocenters. The zero-order valence-corrected chi connectivity index (χ0v) is 66.6. The van der Waals surface area contributed by atoms with Gasteiger partial charge in [-0.05, 0) is 93.1 Å². The number of carbonyl (C=O) groups is 7. The Morgan fingerprint density at radius 3 is 1.93 bits per heavy atom. The lowest BCUT2D eigenvalue weighted by molar-refractivity contribution is -0.231. The van der Waals surface area contributed by atoms with Crippen LogP contribution in [0.3, 0.4) is 0 Å². The molecule has 6 N–H and O–H groups in total. The van der Waals surface area contributed by atoms with Crippen LogP contribution >= 0.6 is 7.82 Å². The van der Waals surface area contributed by atoms with Crippen molar-refractivity contribution in [2.24, 2.45) is 27.8 Å². The third-order valence-electron chi connectivity index (χ3n) is 21.0. The Bertz CT molecular complexity index is 4650. The molecule has 0 spiro atoms. The van der Waals surface area contributed by atoms with Gasteiger partial charge in [0.05, 0.1) is 87.3 Å². The van der Waals surface area contributed by atoms with Crippen LogP contribution in [0.2, 0.25) is 0 Å². The van der Waals surface area contributed by atoms with Gasteiger partial charge in [0.1, 0.15) is 29.5 Å². The van der Waals surface area contributed by atoms with Crippen molar-refractivity contribution in [2.75, 3.05) is 84.9 Å². The summed E-state index contributed by atoms with van der Waals surface area (Å²) in [5.74, 6) is -8.11. The summed E-state index contributed by atoms with van der Waals surface area (Å²) >= 11 is 0. The largest absolute Gasteiger partial charge is 0.524 e. The van der Waals surface area contributed by atoms with Crippen molar-refractivity contribution in [1.82, 2.24) is 49.6 Å². The van der Waals surface area contributed by atoms with Gasteiger partial charge in [0, 0.05) is 116 Å². The summed E-state index contributed by atoms with van der Waals surface area (Å²) in [4.78, 5) is 133. The smallest absolute Gasteiger partial charge is 0.469 e. The van der Waals surface area contributed by atoms with Crippen LogP contribution in [0.25, 0.3) is 11.3 Å². The van der Waals surface area contributed by atoms with Crippen LogP contribution < -0.4 is 25.3 Å².